The molecule has 2 aromatic carbocycles. The van der Waals surface area contributed by atoms with E-state index in [1.165, 1.54) is 11.1 Å². The van der Waals surface area contributed by atoms with Crippen molar-refractivity contribution in [3.05, 3.63) is 64.3 Å². The van der Waals surface area contributed by atoms with Crippen molar-refractivity contribution < 1.29 is 0 Å². The second-order valence-electron chi connectivity index (χ2n) is 5.19. The fourth-order valence-electron chi connectivity index (χ4n) is 2.07. The van der Waals surface area contributed by atoms with Crippen molar-refractivity contribution in [3.63, 3.8) is 0 Å². The van der Waals surface area contributed by atoms with Crippen molar-refractivity contribution in [2.45, 2.75) is 13.8 Å². The summed E-state index contributed by atoms with van der Waals surface area (Å²) >= 11 is 3.49. The Morgan fingerprint density at radius 3 is 2.57 bits per heavy atom. The van der Waals surface area contributed by atoms with Crippen LogP contribution in [0.15, 0.2) is 53.1 Å². The van der Waals surface area contributed by atoms with Crippen LogP contribution < -0.4 is 10.6 Å². The summed E-state index contributed by atoms with van der Waals surface area (Å²) in [6.07, 6.45) is 1.60. The molecule has 0 aliphatic carbocycles. The highest BCUT2D eigenvalue weighted by atomic mass is 79.9. The molecule has 0 bridgehead atoms. The standard InChI is InChI=1S/C17H16BrN5/c1-11-7-8-13(9-12(11)2)20-16-10-19-23-17(22-16)21-15-6-4-3-5-14(15)18/h3-10H,1-2H3,(H2,20,21,22,23). The summed E-state index contributed by atoms with van der Waals surface area (Å²) in [5.74, 6) is 1.07. The molecule has 0 amide bonds. The summed E-state index contributed by atoms with van der Waals surface area (Å²) in [4.78, 5) is 4.44. The number of hydrogen-bond acceptors (Lipinski definition) is 5. The molecule has 0 radical (unpaired) electrons. The monoisotopic (exact) mass is 369 g/mol. The zero-order valence-corrected chi connectivity index (χ0v) is 14.4. The van der Waals surface area contributed by atoms with Gasteiger partial charge in [0.15, 0.2) is 5.82 Å². The SMILES string of the molecule is Cc1ccc(Nc2cnnc(Nc3ccccc3Br)n2)cc1C. The van der Waals surface area contributed by atoms with Crippen molar-refractivity contribution in [1.82, 2.24) is 15.2 Å². The molecule has 0 saturated heterocycles. The van der Waals surface area contributed by atoms with Gasteiger partial charge < -0.3 is 10.6 Å². The summed E-state index contributed by atoms with van der Waals surface area (Å²) < 4.78 is 0.941. The van der Waals surface area contributed by atoms with Crippen molar-refractivity contribution in [2.75, 3.05) is 10.6 Å². The molecule has 1 aromatic heterocycles. The number of anilines is 4. The predicted molar refractivity (Wildman–Crippen MR) is 96.5 cm³/mol. The number of nitrogens with one attached hydrogen (secondary N) is 2. The van der Waals surface area contributed by atoms with Gasteiger partial charge in [0.2, 0.25) is 5.95 Å². The first-order chi connectivity index (χ1) is 11.1. The summed E-state index contributed by atoms with van der Waals surface area (Å²) in [5.41, 5.74) is 4.34. The Morgan fingerprint density at radius 2 is 1.78 bits per heavy atom. The molecule has 1 heterocycles. The van der Waals surface area contributed by atoms with Gasteiger partial charge in [-0.05, 0) is 65.2 Å². The lowest BCUT2D eigenvalue weighted by Gasteiger charge is -2.10. The Morgan fingerprint density at radius 1 is 0.957 bits per heavy atom. The lowest BCUT2D eigenvalue weighted by Crippen LogP contribution is -2.02. The molecule has 0 aliphatic rings. The van der Waals surface area contributed by atoms with Crippen LogP contribution >= 0.6 is 15.9 Å². The zero-order chi connectivity index (χ0) is 16.2. The average molecular weight is 370 g/mol. The number of rotatable bonds is 4. The summed E-state index contributed by atoms with van der Waals surface area (Å²) in [6, 6.07) is 14.0. The van der Waals surface area contributed by atoms with Gasteiger partial charge in [-0.2, -0.15) is 10.1 Å². The van der Waals surface area contributed by atoms with Crippen molar-refractivity contribution >= 4 is 39.1 Å². The van der Waals surface area contributed by atoms with Crippen LogP contribution in [0.5, 0.6) is 0 Å². The second kappa shape index (κ2) is 6.75. The van der Waals surface area contributed by atoms with Gasteiger partial charge >= 0.3 is 0 Å². The minimum Gasteiger partial charge on any atom is -0.339 e. The van der Waals surface area contributed by atoms with Crippen LogP contribution in [0.3, 0.4) is 0 Å². The van der Waals surface area contributed by atoms with E-state index in [1.54, 1.807) is 6.20 Å². The molecule has 0 atom stereocenters. The maximum absolute atomic E-state index is 4.44. The minimum absolute atomic E-state index is 0.436. The first kappa shape index (κ1) is 15.4. The number of halogens is 1. The Hall–Kier alpha value is -2.47. The topological polar surface area (TPSA) is 62.7 Å². The molecule has 116 valence electrons. The van der Waals surface area contributed by atoms with Crippen molar-refractivity contribution in [1.29, 1.82) is 0 Å². The number of aryl methyl sites for hydroxylation is 2. The predicted octanol–water partition coefficient (Wildman–Crippen LogP) is 4.74. The summed E-state index contributed by atoms with van der Waals surface area (Å²) in [6.45, 7) is 4.17. The van der Waals surface area contributed by atoms with Gasteiger partial charge in [0.25, 0.3) is 0 Å². The van der Waals surface area contributed by atoms with E-state index in [4.69, 9.17) is 0 Å². The first-order valence-corrected chi connectivity index (χ1v) is 7.97. The Kier molecular flexibility index (Phi) is 4.52. The minimum atomic E-state index is 0.436. The third kappa shape index (κ3) is 3.84. The number of hydrogen-bond donors (Lipinski definition) is 2. The van der Waals surface area contributed by atoms with E-state index in [-0.39, 0.29) is 0 Å². The fraction of sp³-hybridized carbons (Fsp3) is 0.118. The average Bonchev–Trinajstić information content (AvgIpc) is 2.54. The quantitative estimate of drug-likeness (QED) is 0.695. The normalized spacial score (nSPS) is 10.4. The van der Waals surface area contributed by atoms with Gasteiger partial charge in [0, 0.05) is 10.2 Å². The molecule has 5 nitrogen and oxygen atoms in total. The molecule has 6 heteroatoms. The van der Waals surface area contributed by atoms with E-state index in [9.17, 15) is 0 Å². The lowest BCUT2D eigenvalue weighted by molar-refractivity contribution is 0.982. The second-order valence-corrected chi connectivity index (χ2v) is 6.05. The molecular formula is C17H16BrN5. The van der Waals surface area contributed by atoms with Gasteiger partial charge in [-0.25, -0.2) is 0 Å². The third-order valence-corrected chi connectivity index (χ3v) is 4.15. The molecule has 0 fully saturated rings. The number of aromatic nitrogens is 3. The van der Waals surface area contributed by atoms with Gasteiger partial charge in [-0.15, -0.1) is 5.10 Å². The maximum Gasteiger partial charge on any atom is 0.249 e. The van der Waals surface area contributed by atoms with E-state index >= 15 is 0 Å². The Bertz CT molecular complexity index is 835. The van der Waals surface area contributed by atoms with Gasteiger partial charge in [-0.1, -0.05) is 18.2 Å². The molecule has 23 heavy (non-hydrogen) atoms. The Labute approximate surface area is 143 Å². The van der Waals surface area contributed by atoms with Crippen LogP contribution in [-0.4, -0.2) is 15.2 Å². The lowest BCUT2D eigenvalue weighted by atomic mass is 10.1. The largest absolute Gasteiger partial charge is 0.339 e. The van der Waals surface area contributed by atoms with Crippen LogP contribution in [0.1, 0.15) is 11.1 Å². The van der Waals surface area contributed by atoms with E-state index in [2.05, 4.69) is 67.7 Å². The number of benzene rings is 2. The molecule has 3 aromatic rings. The molecule has 0 spiro atoms. The third-order valence-electron chi connectivity index (χ3n) is 3.46. The van der Waals surface area contributed by atoms with Gasteiger partial charge in [0.1, 0.15) is 0 Å². The highest BCUT2D eigenvalue weighted by Crippen LogP contribution is 2.24. The smallest absolute Gasteiger partial charge is 0.249 e. The van der Waals surface area contributed by atoms with E-state index < -0.39 is 0 Å². The van der Waals surface area contributed by atoms with Crippen LogP contribution in [0.4, 0.5) is 23.1 Å². The van der Waals surface area contributed by atoms with Gasteiger partial charge in [0.05, 0.1) is 11.9 Å². The number of nitrogens with zero attached hydrogens (tertiary/aromatic N) is 3. The van der Waals surface area contributed by atoms with E-state index in [0.717, 1.165) is 15.8 Å². The Balaban J connectivity index is 1.79. The van der Waals surface area contributed by atoms with Crippen LogP contribution in [0, 0.1) is 13.8 Å². The molecule has 2 N–H and O–H groups in total. The van der Waals surface area contributed by atoms with E-state index in [0.29, 0.717) is 11.8 Å². The van der Waals surface area contributed by atoms with Crippen molar-refractivity contribution in [3.8, 4) is 0 Å². The van der Waals surface area contributed by atoms with E-state index in [1.807, 2.05) is 30.3 Å². The molecule has 0 saturated carbocycles. The zero-order valence-electron chi connectivity index (χ0n) is 12.8. The summed E-state index contributed by atoms with van der Waals surface area (Å²) in [5, 5.41) is 14.4. The molecule has 0 unspecified atom stereocenters. The number of para-hydroxylation sites is 1. The molecular weight excluding hydrogens is 354 g/mol. The highest BCUT2D eigenvalue weighted by Gasteiger charge is 2.04. The fourth-order valence-corrected chi connectivity index (χ4v) is 2.45. The molecule has 0 aliphatic heterocycles. The van der Waals surface area contributed by atoms with Gasteiger partial charge in [-0.3, -0.25) is 0 Å². The van der Waals surface area contributed by atoms with Crippen LogP contribution in [0.2, 0.25) is 0 Å². The van der Waals surface area contributed by atoms with Crippen LogP contribution in [-0.2, 0) is 0 Å². The first-order valence-electron chi connectivity index (χ1n) is 7.17. The molecule has 3 rings (SSSR count). The summed E-state index contributed by atoms with van der Waals surface area (Å²) in [7, 11) is 0. The van der Waals surface area contributed by atoms with Crippen LogP contribution in [0.25, 0.3) is 0 Å². The van der Waals surface area contributed by atoms with Crippen molar-refractivity contribution in [2.24, 2.45) is 0 Å². The highest BCUT2D eigenvalue weighted by molar-refractivity contribution is 9.10. The maximum atomic E-state index is 4.44.